The molecule has 0 aromatic heterocycles. The SMILES string of the molecule is CCCNC(=O)C1C2CN(C3CC4CCCC(C3)N4C(=O)OCC)CC21. The number of carbonyl (C=O) groups excluding carboxylic acids is 2. The van der Waals surface area contributed by atoms with Gasteiger partial charge in [0, 0.05) is 43.7 Å². The zero-order chi connectivity index (χ0) is 18.3. The summed E-state index contributed by atoms with van der Waals surface area (Å²) in [5, 5.41) is 3.06. The molecule has 4 aliphatic rings. The van der Waals surface area contributed by atoms with E-state index in [2.05, 4.69) is 17.1 Å². The number of fused-ring (bicyclic) bond motifs is 3. The van der Waals surface area contributed by atoms with Gasteiger partial charge in [0.2, 0.25) is 5.91 Å². The topological polar surface area (TPSA) is 61.9 Å². The van der Waals surface area contributed by atoms with Gasteiger partial charge in [-0.15, -0.1) is 0 Å². The van der Waals surface area contributed by atoms with Gasteiger partial charge in [-0.1, -0.05) is 6.92 Å². The Morgan fingerprint density at radius 1 is 1.04 bits per heavy atom. The van der Waals surface area contributed by atoms with Crippen LogP contribution < -0.4 is 5.32 Å². The van der Waals surface area contributed by atoms with Gasteiger partial charge < -0.3 is 15.0 Å². The molecule has 26 heavy (non-hydrogen) atoms. The summed E-state index contributed by atoms with van der Waals surface area (Å²) >= 11 is 0. The lowest BCUT2D eigenvalue weighted by Crippen LogP contribution is -2.59. The van der Waals surface area contributed by atoms with E-state index in [1.165, 1.54) is 6.42 Å². The molecule has 4 rings (SSSR count). The van der Waals surface area contributed by atoms with Crippen molar-refractivity contribution in [3.63, 3.8) is 0 Å². The van der Waals surface area contributed by atoms with Gasteiger partial charge in [-0.05, 0) is 57.3 Å². The van der Waals surface area contributed by atoms with Crippen LogP contribution in [-0.4, -0.2) is 66.2 Å². The van der Waals surface area contributed by atoms with E-state index in [0.29, 0.717) is 36.6 Å². The third-order valence-corrected chi connectivity index (χ3v) is 7.02. The van der Waals surface area contributed by atoms with Gasteiger partial charge in [0.25, 0.3) is 0 Å². The molecule has 0 spiro atoms. The van der Waals surface area contributed by atoms with Gasteiger partial charge in [-0.2, -0.15) is 0 Å². The average molecular weight is 364 g/mol. The maximum Gasteiger partial charge on any atom is 0.410 e. The Balaban J connectivity index is 1.32. The van der Waals surface area contributed by atoms with Crippen molar-refractivity contribution in [1.29, 1.82) is 0 Å². The highest BCUT2D eigenvalue weighted by molar-refractivity contribution is 5.82. The molecule has 3 aliphatic heterocycles. The molecule has 6 nitrogen and oxygen atoms in total. The Kier molecular flexibility index (Phi) is 5.13. The standard InChI is InChI=1S/C20H33N3O3/c1-3-8-21-19(24)18-16-11-22(12-17(16)18)15-9-13-6-5-7-14(10-15)23(13)20(25)26-4-2/h13-18H,3-12H2,1-2H3,(H,21,24). The smallest absolute Gasteiger partial charge is 0.410 e. The van der Waals surface area contributed by atoms with Gasteiger partial charge >= 0.3 is 6.09 Å². The predicted octanol–water partition coefficient (Wildman–Crippen LogP) is 2.23. The Hall–Kier alpha value is -1.30. The zero-order valence-electron chi connectivity index (χ0n) is 16.2. The van der Waals surface area contributed by atoms with Crippen molar-refractivity contribution >= 4 is 12.0 Å². The Labute approximate surface area is 156 Å². The summed E-state index contributed by atoms with van der Waals surface area (Å²) in [6, 6.07) is 1.25. The normalized spacial score (nSPS) is 38.6. The Bertz CT molecular complexity index is 528. The first-order chi connectivity index (χ1) is 12.6. The molecule has 2 bridgehead atoms. The monoisotopic (exact) mass is 363 g/mol. The summed E-state index contributed by atoms with van der Waals surface area (Å²) in [7, 11) is 0. The Morgan fingerprint density at radius 2 is 1.69 bits per heavy atom. The lowest BCUT2D eigenvalue weighted by molar-refractivity contribution is -0.123. The van der Waals surface area contributed by atoms with Crippen LogP contribution in [0.5, 0.6) is 0 Å². The van der Waals surface area contributed by atoms with Crippen LogP contribution in [0.15, 0.2) is 0 Å². The zero-order valence-corrected chi connectivity index (χ0v) is 16.2. The van der Waals surface area contributed by atoms with E-state index >= 15 is 0 Å². The van der Waals surface area contributed by atoms with Gasteiger partial charge in [-0.3, -0.25) is 9.69 Å². The molecule has 4 fully saturated rings. The third kappa shape index (κ3) is 3.21. The summed E-state index contributed by atoms with van der Waals surface area (Å²) in [6.45, 7) is 7.36. The molecule has 3 heterocycles. The van der Waals surface area contributed by atoms with Gasteiger partial charge in [0.15, 0.2) is 0 Å². The van der Waals surface area contributed by atoms with Crippen molar-refractivity contribution in [2.75, 3.05) is 26.2 Å². The van der Waals surface area contributed by atoms with Crippen molar-refractivity contribution in [3.8, 4) is 0 Å². The van der Waals surface area contributed by atoms with E-state index < -0.39 is 0 Å². The van der Waals surface area contributed by atoms with Crippen LogP contribution in [0.4, 0.5) is 4.79 Å². The predicted molar refractivity (Wildman–Crippen MR) is 98.7 cm³/mol. The highest BCUT2D eigenvalue weighted by atomic mass is 16.6. The fourth-order valence-electron chi connectivity index (χ4n) is 5.76. The fraction of sp³-hybridized carbons (Fsp3) is 0.900. The van der Waals surface area contributed by atoms with Crippen LogP contribution in [0.1, 0.15) is 52.4 Å². The molecule has 1 aliphatic carbocycles. The van der Waals surface area contributed by atoms with E-state index in [-0.39, 0.29) is 17.9 Å². The van der Waals surface area contributed by atoms with Crippen molar-refractivity contribution < 1.29 is 14.3 Å². The molecule has 0 aromatic rings. The van der Waals surface area contributed by atoms with E-state index in [1.807, 2.05) is 11.8 Å². The maximum atomic E-state index is 12.3. The van der Waals surface area contributed by atoms with E-state index in [4.69, 9.17) is 4.74 Å². The van der Waals surface area contributed by atoms with Crippen molar-refractivity contribution in [1.82, 2.24) is 15.1 Å². The number of amides is 2. The summed E-state index contributed by atoms with van der Waals surface area (Å²) in [5.74, 6) is 1.66. The quantitative estimate of drug-likeness (QED) is 0.814. The number of hydrogen-bond acceptors (Lipinski definition) is 4. The van der Waals surface area contributed by atoms with Crippen LogP contribution in [0.25, 0.3) is 0 Å². The minimum atomic E-state index is -0.113. The average Bonchev–Trinajstić information content (AvgIpc) is 3.12. The first-order valence-electron chi connectivity index (χ1n) is 10.6. The first-order valence-corrected chi connectivity index (χ1v) is 10.6. The number of carbonyl (C=O) groups is 2. The number of nitrogens with one attached hydrogen (secondary N) is 1. The molecule has 2 amide bonds. The molecule has 0 radical (unpaired) electrons. The van der Waals surface area contributed by atoms with Crippen LogP contribution in [0, 0.1) is 17.8 Å². The highest BCUT2D eigenvalue weighted by Gasteiger charge is 2.60. The first kappa shape index (κ1) is 18.1. The molecule has 4 unspecified atom stereocenters. The minimum absolute atomic E-state index is 0.113. The molecule has 1 N–H and O–H groups in total. The van der Waals surface area contributed by atoms with Crippen molar-refractivity contribution in [3.05, 3.63) is 0 Å². The van der Waals surface area contributed by atoms with Gasteiger partial charge in [-0.25, -0.2) is 4.79 Å². The third-order valence-electron chi connectivity index (χ3n) is 7.02. The molecular formula is C20H33N3O3. The fourth-order valence-corrected chi connectivity index (χ4v) is 5.76. The lowest BCUT2D eigenvalue weighted by atomic mass is 9.81. The number of hydrogen-bond donors (Lipinski definition) is 1. The molecule has 146 valence electrons. The van der Waals surface area contributed by atoms with Crippen LogP contribution in [0.2, 0.25) is 0 Å². The van der Waals surface area contributed by atoms with Crippen LogP contribution >= 0.6 is 0 Å². The Morgan fingerprint density at radius 3 is 2.27 bits per heavy atom. The molecule has 4 atom stereocenters. The number of rotatable bonds is 5. The summed E-state index contributed by atoms with van der Waals surface area (Å²) in [6.07, 6.45) is 6.47. The van der Waals surface area contributed by atoms with Crippen molar-refractivity contribution in [2.24, 2.45) is 17.8 Å². The highest BCUT2D eigenvalue weighted by Crippen LogP contribution is 2.53. The van der Waals surface area contributed by atoms with Crippen LogP contribution in [0.3, 0.4) is 0 Å². The van der Waals surface area contributed by atoms with Gasteiger partial charge in [0.1, 0.15) is 0 Å². The minimum Gasteiger partial charge on any atom is -0.450 e. The number of likely N-dealkylation sites (tertiary alicyclic amines) is 1. The lowest BCUT2D eigenvalue weighted by Gasteiger charge is -2.50. The molecule has 3 saturated heterocycles. The van der Waals surface area contributed by atoms with Crippen LogP contribution in [-0.2, 0) is 9.53 Å². The second-order valence-electron chi connectivity index (χ2n) is 8.57. The molecule has 6 heteroatoms. The second-order valence-corrected chi connectivity index (χ2v) is 8.57. The second kappa shape index (κ2) is 7.37. The summed E-state index contributed by atoms with van der Waals surface area (Å²) < 4.78 is 5.30. The van der Waals surface area contributed by atoms with E-state index in [0.717, 1.165) is 51.7 Å². The van der Waals surface area contributed by atoms with E-state index in [9.17, 15) is 9.59 Å². The number of ether oxygens (including phenoxy) is 1. The largest absolute Gasteiger partial charge is 0.450 e. The van der Waals surface area contributed by atoms with E-state index in [1.54, 1.807) is 0 Å². The van der Waals surface area contributed by atoms with Crippen molar-refractivity contribution in [2.45, 2.75) is 70.5 Å². The number of nitrogens with zero attached hydrogens (tertiary/aromatic N) is 2. The van der Waals surface area contributed by atoms with Gasteiger partial charge in [0.05, 0.1) is 6.61 Å². The summed E-state index contributed by atoms with van der Waals surface area (Å²) in [4.78, 5) is 29.2. The molecule has 0 aromatic carbocycles. The summed E-state index contributed by atoms with van der Waals surface area (Å²) in [5.41, 5.74) is 0. The molecular weight excluding hydrogens is 330 g/mol. The molecule has 1 saturated carbocycles. The maximum absolute atomic E-state index is 12.3. The number of piperidine rings is 3.